The van der Waals surface area contributed by atoms with Crippen LogP contribution in [0.15, 0.2) is 54.2 Å². The van der Waals surface area contributed by atoms with Crippen molar-refractivity contribution in [3.05, 3.63) is 75.2 Å². The monoisotopic (exact) mass is 477 g/mol. The van der Waals surface area contributed by atoms with Crippen LogP contribution in [-0.2, 0) is 15.2 Å². The maximum atomic E-state index is 14.1. The van der Waals surface area contributed by atoms with Crippen molar-refractivity contribution >= 4 is 52.1 Å². The van der Waals surface area contributed by atoms with Crippen molar-refractivity contribution in [1.82, 2.24) is 5.43 Å². The molecule has 0 spiro atoms. The molecule has 0 fully saturated rings. The molecule has 0 radical (unpaired) electrons. The van der Waals surface area contributed by atoms with Crippen LogP contribution < -0.4 is 10.9 Å². The highest BCUT2D eigenvalue weighted by Crippen LogP contribution is 2.49. The summed E-state index contributed by atoms with van der Waals surface area (Å²) >= 11 is 17.9. The Bertz CT molecular complexity index is 1020. The third-order valence-corrected chi connectivity index (χ3v) is 5.09. The lowest BCUT2D eigenvalue weighted by Gasteiger charge is -2.29. The summed E-state index contributed by atoms with van der Waals surface area (Å²) < 4.78 is 42.2. The number of benzene rings is 2. The summed E-state index contributed by atoms with van der Waals surface area (Å²) in [6.45, 7) is 3.31. The molecule has 0 saturated carbocycles. The number of alkyl halides is 3. The largest absolute Gasteiger partial charge is 0.435 e. The number of nitrogens with zero attached hydrogens (tertiary/aromatic N) is 1. The first-order valence-electron chi connectivity index (χ1n) is 8.32. The normalized spacial score (nSPS) is 18.4. The van der Waals surface area contributed by atoms with Gasteiger partial charge in [-0.1, -0.05) is 52.6 Å². The van der Waals surface area contributed by atoms with Crippen molar-refractivity contribution in [2.45, 2.75) is 18.2 Å². The second-order valence-electron chi connectivity index (χ2n) is 6.30. The number of anilines is 1. The Morgan fingerprint density at radius 2 is 1.83 bits per heavy atom. The van der Waals surface area contributed by atoms with E-state index in [9.17, 15) is 18.0 Å². The van der Waals surface area contributed by atoms with Crippen molar-refractivity contribution in [1.29, 1.82) is 0 Å². The zero-order chi connectivity index (χ0) is 22.1. The maximum absolute atomic E-state index is 14.1. The molecular formula is C19H13Cl3F3N3O2. The molecule has 1 aliphatic rings. The van der Waals surface area contributed by atoms with E-state index in [2.05, 4.69) is 22.6 Å². The topological polar surface area (TPSA) is 62.7 Å². The van der Waals surface area contributed by atoms with Crippen LogP contribution in [0.4, 0.5) is 18.9 Å². The quantitative estimate of drug-likeness (QED) is 0.418. The number of oxime groups is 1. The lowest BCUT2D eigenvalue weighted by molar-refractivity contribution is -0.275. The molecule has 1 heterocycles. The Hall–Kier alpha value is -2.42. The Kier molecular flexibility index (Phi) is 6.21. The van der Waals surface area contributed by atoms with Crippen LogP contribution in [0.1, 0.15) is 17.5 Å². The van der Waals surface area contributed by atoms with Gasteiger partial charge >= 0.3 is 6.18 Å². The maximum Gasteiger partial charge on any atom is 0.435 e. The van der Waals surface area contributed by atoms with Crippen molar-refractivity contribution in [2.75, 3.05) is 5.43 Å². The van der Waals surface area contributed by atoms with Gasteiger partial charge in [-0.2, -0.15) is 13.2 Å². The smallest absolute Gasteiger partial charge is 0.374 e. The molecule has 1 aliphatic heterocycles. The highest BCUT2D eigenvalue weighted by atomic mass is 35.5. The third kappa shape index (κ3) is 4.35. The highest BCUT2D eigenvalue weighted by Gasteiger charge is 2.62. The number of nitrogens with one attached hydrogen (secondary N) is 2. The zero-order valence-electron chi connectivity index (χ0n) is 15.0. The summed E-state index contributed by atoms with van der Waals surface area (Å²) in [5.41, 5.74) is 2.46. The fourth-order valence-electron chi connectivity index (χ4n) is 2.83. The van der Waals surface area contributed by atoms with Gasteiger partial charge in [-0.15, -0.1) is 0 Å². The van der Waals surface area contributed by atoms with E-state index in [1.54, 1.807) is 0 Å². The summed E-state index contributed by atoms with van der Waals surface area (Å²) in [5.74, 6) is -0.521. The fourth-order valence-corrected chi connectivity index (χ4v) is 3.52. The number of hydrogen-bond acceptors (Lipinski definition) is 4. The van der Waals surface area contributed by atoms with Crippen LogP contribution in [0.3, 0.4) is 0 Å². The van der Waals surface area contributed by atoms with Crippen LogP contribution in [0.25, 0.3) is 0 Å². The van der Waals surface area contributed by atoms with E-state index in [1.807, 2.05) is 0 Å². The molecule has 2 aromatic rings. The predicted octanol–water partition coefficient (Wildman–Crippen LogP) is 5.86. The molecule has 0 saturated heterocycles. The minimum atomic E-state index is -4.81. The van der Waals surface area contributed by atoms with Gasteiger partial charge in [0.05, 0.1) is 16.4 Å². The first-order valence-corrected chi connectivity index (χ1v) is 9.46. The Labute approximate surface area is 184 Å². The average molecular weight is 479 g/mol. The Morgan fingerprint density at radius 1 is 1.17 bits per heavy atom. The number of hydrazine groups is 1. The van der Waals surface area contributed by atoms with E-state index in [4.69, 9.17) is 39.6 Å². The number of carbonyl (C=O) groups excluding carboxylic acids is 1. The number of amides is 1. The molecule has 0 aliphatic carbocycles. The van der Waals surface area contributed by atoms with Gasteiger partial charge < -0.3 is 4.84 Å². The van der Waals surface area contributed by atoms with Gasteiger partial charge in [0.2, 0.25) is 0 Å². The van der Waals surface area contributed by atoms with Crippen LogP contribution in [-0.4, -0.2) is 17.8 Å². The average Bonchev–Trinajstić information content (AvgIpc) is 3.13. The van der Waals surface area contributed by atoms with E-state index >= 15 is 0 Å². The molecule has 5 nitrogen and oxygen atoms in total. The first kappa shape index (κ1) is 22.3. The zero-order valence-corrected chi connectivity index (χ0v) is 17.3. The van der Waals surface area contributed by atoms with Crippen molar-refractivity contribution in [3.63, 3.8) is 0 Å². The predicted molar refractivity (Wildman–Crippen MR) is 110 cm³/mol. The van der Waals surface area contributed by atoms with E-state index in [-0.39, 0.29) is 32.0 Å². The summed E-state index contributed by atoms with van der Waals surface area (Å²) in [6, 6.07) is 7.97. The third-order valence-electron chi connectivity index (χ3n) is 4.32. The molecule has 1 atom stereocenters. The minimum Gasteiger partial charge on any atom is -0.374 e. The van der Waals surface area contributed by atoms with Gasteiger partial charge in [0.1, 0.15) is 0 Å². The van der Waals surface area contributed by atoms with Crippen LogP contribution in [0.2, 0.25) is 15.1 Å². The molecule has 0 bridgehead atoms. The summed E-state index contributed by atoms with van der Waals surface area (Å²) in [7, 11) is 0. The Morgan fingerprint density at radius 3 is 2.43 bits per heavy atom. The van der Waals surface area contributed by atoms with E-state index in [1.165, 1.54) is 24.3 Å². The molecule has 2 N–H and O–H groups in total. The van der Waals surface area contributed by atoms with Crippen molar-refractivity contribution in [2.24, 2.45) is 5.16 Å². The van der Waals surface area contributed by atoms with Gasteiger partial charge in [-0.3, -0.25) is 15.6 Å². The minimum absolute atomic E-state index is 0.0261. The highest BCUT2D eigenvalue weighted by molar-refractivity contribution is 6.34. The molecule has 1 amide bonds. The molecule has 1 unspecified atom stereocenters. The molecular weight excluding hydrogens is 466 g/mol. The summed E-state index contributed by atoms with van der Waals surface area (Å²) in [6.07, 6.45) is -4.39. The second kappa shape index (κ2) is 8.37. The first-order chi connectivity index (χ1) is 14.1. The second-order valence-corrected chi connectivity index (χ2v) is 7.58. The molecule has 2 aromatic carbocycles. The number of carbonyl (C=O) groups is 1. The van der Waals surface area contributed by atoms with Crippen LogP contribution in [0.5, 0.6) is 0 Å². The number of rotatable bonds is 5. The van der Waals surface area contributed by atoms with Crippen LogP contribution in [0, 0.1) is 0 Å². The van der Waals surface area contributed by atoms with Crippen LogP contribution >= 0.6 is 34.8 Å². The van der Waals surface area contributed by atoms with Crippen molar-refractivity contribution in [3.8, 4) is 0 Å². The fraction of sp³-hybridized carbons (Fsp3) is 0.158. The van der Waals surface area contributed by atoms with Gasteiger partial charge in [-0.25, -0.2) is 0 Å². The molecule has 3 rings (SSSR count). The lowest BCUT2D eigenvalue weighted by atomic mass is 9.86. The van der Waals surface area contributed by atoms with Crippen molar-refractivity contribution < 1.29 is 22.8 Å². The molecule has 30 heavy (non-hydrogen) atoms. The molecule has 0 aromatic heterocycles. The van der Waals surface area contributed by atoms with Gasteiger partial charge in [0.15, 0.2) is 0 Å². The molecule has 11 heteroatoms. The van der Waals surface area contributed by atoms with Gasteiger partial charge in [0.25, 0.3) is 11.5 Å². The summed E-state index contributed by atoms with van der Waals surface area (Å²) in [5, 5.41) is 3.98. The van der Waals surface area contributed by atoms with E-state index in [0.29, 0.717) is 5.56 Å². The number of hydrogen-bond donors (Lipinski definition) is 2. The van der Waals surface area contributed by atoms with E-state index in [0.717, 1.165) is 18.2 Å². The SMILES string of the molecule is C=CC(=O)NNc1cc(C2=NOC(c3cc(Cl)cc(Cl)c3)(C(F)(F)F)C2)ccc1Cl. The lowest BCUT2D eigenvalue weighted by Crippen LogP contribution is -2.42. The van der Waals surface area contributed by atoms with Gasteiger partial charge in [-0.05, 0) is 36.4 Å². The summed E-state index contributed by atoms with van der Waals surface area (Å²) in [4.78, 5) is 16.3. The molecule has 158 valence electrons. The standard InChI is InChI=1S/C19H13Cl3F3N3O2/c1-2-17(29)27-26-15-5-10(3-4-14(15)22)16-9-18(30-28-16,19(23,24)25)11-6-12(20)8-13(21)7-11/h2-8,26H,1,9H2,(H,27,29). The number of halogens is 6. The van der Waals surface area contributed by atoms with E-state index < -0.39 is 24.1 Å². The van der Waals surface area contributed by atoms with Gasteiger partial charge in [0, 0.05) is 27.6 Å². The Balaban J connectivity index is 1.94.